The molecule has 0 aliphatic carbocycles. The van der Waals surface area contributed by atoms with E-state index in [0.717, 1.165) is 10.4 Å². The SMILES string of the molecule is CC(C)NCc1cc(F)cnc1OCc1cccs1. The number of rotatable bonds is 6. The summed E-state index contributed by atoms with van der Waals surface area (Å²) in [5, 5.41) is 5.24. The highest BCUT2D eigenvalue weighted by Gasteiger charge is 2.08. The second-order valence-electron chi connectivity index (χ2n) is 4.52. The lowest BCUT2D eigenvalue weighted by Gasteiger charge is -2.12. The average molecular weight is 280 g/mol. The van der Waals surface area contributed by atoms with Gasteiger partial charge in [-0.25, -0.2) is 9.37 Å². The number of hydrogen-bond donors (Lipinski definition) is 1. The highest BCUT2D eigenvalue weighted by Crippen LogP contribution is 2.19. The Balaban J connectivity index is 2.05. The zero-order valence-corrected chi connectivity index (χ0v) is 11.8. The average Bonchev–Trinajstić information content (AvgIpc) is 2.88. The van der Waals surface area contributed by atoms with Crippen molar-refractivity contribution in [2.24, 2.45) is 0 Å². The van der Waals surface area contributed by atoms with Crippen LogP contribution in [-0.4, -0.2) is 11.0 Å². The fraction of sp³-hybridized carbons (Fsp3) is 0.357. The molecule has 0 aliphatic rings. The monoisotopic (exact) mass is 280 g/mol. The lowest BCUT2D eigenvalue weighted by molar-refractivity contribution is 0.291. The number of pyridine rings is 1. The third-order valence-corrected chi connectivity index (χ3v) is 3.37. The second-order valence-corrected chi connectivity index (χ2v) is 5.55. The lowest BCUT2D eigenvalue weighted by Crippen LogP contribution is -2.22. The van der Waals surface area contributed by atoms with Crippen LogP contribution in [0.15, 0.2) is 29.8 Å². The fourth-order valence-electron chi connectivity index (χ4n) is 1.57. The molecule has 0 aliphatic heterocycles. The van der Waals surface area contributed by atoms with Crippen LogP contribution in [0.2, 0.25) is 0 Å². The number of halogens is 1. The summed E-state index contributed by atoms with van der Waals surface area (Å²) >= 11 is 1.63. The van der Waals surface area contributed by atoms with Crippen molar-refractivity contribution in [2.45, 2.75) is 33.0 Å². The first kappa shape index (κ1) is 14.0. The van der Waals surface area contributed by atoms with E-state index in [1.165, 1.54) is 12.3 Å². The van der Waals surface area contributed by atoms with E-state index in [-0.39, 0.29) is 5.82 Å². The van der Waals surface area contributed by atoms with Crippen LogP contribution in [0.25, 0.3) is 0 Å². The van der Waals surface area contributed by atoms with Crippen molar-refractivity contribution >= 4 is 11.3 Å². The van der Waals surface area contributed by atoms with Crippen LogP contribution in [0.4, 0.5) is 4.39 Å². The first-order chi connectivity index (χ1) is 9.15. The molecular weight excluding hydrogens is 263 g/mol. The first-order valence-corrected chi connectivity index (χ1v) is 7.06. The van der Waals surface area contributed by atoms with Gasteiger partial charge in [0.1, 0.15) is 12.4 Å². The molecule has 0 unspecified atom stereocenters. The van der Waals surface area contributed by atoms with Crippen LogP contribution in [0.3, 0.4) is 0 Å². The van der Waals surface area contributed by atoms with E-state index in [1.807, 2.05) is 31.4 Å². The summed E-state index contributed by atoms with van der Waals surface area (Å²) in [7, 11) is 0. The van der Waals surface area contributed by atoms with Crippen molar-refractivity contribution in [3.05, 3.63) is 46.0 Å². The van der Waals surface area contributed by atoms with Crippen LogP contribution in [0.5, 0.6) is 5.88 Å². The van der Waals surface area contributed by atoms with Gasteiger partial charge in [0.25, 0.3) is 0 Å². The van der Waals surface area contributed by atoms with Crippen molar-refractivity contribution < 1.29 is 9.13 Å². The molecule has 0 radical (unpaired) electrons. The van der Waals surface area contributed by atoms with Crippen molar-refractivity contribution in [1.29, 1.82) is 0 Å². The maximum atomic E-state index is 13.2. The third-order valence-electron chi connectivity index (χ3n) is 2.52. The topological polar surface area (TPSA) is 34.2 Å². The highest BCUT2D eigenvalue weighted by atomic mass is 32.1. The molecule has 0 atom stereocenters. The Bertz CT molecular complexity index is 514. The summed E-state index contributed by atoms with van der Waals surface area (Å²) in [5.74, 6) is 0.145. The van der Waals surface area contributed by atoms with Crippen molar-refractivity contribution in [3.63, 3.8) is 0 Å². The molecule has 2 aromatic heterocycles. The maximum absolute atomic E-state index is 13.2. The minimum absolute atomic E-state index is 0.327. The lowest BCUT2D eigenvalue weighted by atomic mass is 10.2. The molecule has 2 aromatic rings. The largest absolute Gasteiger partial charge is 0.472 e. The van der Waals surface area contributed by atoms with E-state index in [9.17, 15) is 4.39 Å². The number of ether oxygens (including phenoxy) is 1. The standard InChI is InChI=1S/C14H17FN2OS/c1-10(2)16-7-11-6-12(15)8-17-14(11)18-9-13-4-3-5-19-13/h3-6,8,10,16H,7,9H2,1-2H3. The van der Waals surface area contributed by atoms with E-state index in [1.54, 1.807) is 11.3 Å². The Morgan fingerprint density at radius 1 is 1.47 bits per heavy atom. The second kappa shape index (κ2) is 6.63. The Kier molecular flexibility index (Phi) is 4.87. The van der Waals surface area contributed by atoms with E-state index in [2.05, 4.69) is 10.3 Å². The fourth-order valence-corrected chi connectivity index (χ4v) is 2.19. The predicted molar refractivity (Wildman–Crippen MR) is 74.8 cm³/mol. The molecule has 0 saturated carbocycles. The number of aromatic nitrogens is 1. The van der Waals surface area contributed by atoms with Crippen LogP contribution in [-0.2, 0) is 13.2 Å². The van der Waals surface area contributed by atoms with Gasteiger partial charge in [0, 0.05) is 23.0 Å². The Labute approximate surface area is 116 Å². The number of thiophene rings is 1. The molecule has 0 fully saturated rings. The third kappa shape index (κ3) is 4.29. The first-order valence-electron chi connectivity index (χ1n) is 6.18. The zero-order chi connectivity index (χ0) is 13.7. The van der Waals surface area contributed by atoms with Gasteiger partial charge in [0.05, 0.1) is 6.20 Å². The van der Waals surface area contributed by atoms with Gasteiger partial charge in [-0.15, -0.1) is 11.3 Å². The molecular formula is C14H17FN2OS. The van der Waals surface area contributed by atoms with E-state index >= 15 is 0 Å². The summed E-state index contributed by atoms with van der Waals surface area (Å²) in [4.78, 5) is 5.14. The van der Waals surface area contributed by atoms with E-state index in [4.69, 9.17) is 4.74 Å². The van der Waals surface area contributed by atoms with Gasteiger partial charge >= 0.3 is 0 Å². The molecule has 0 saturated heterocycles. The van der Waals surface area contributed by atoms with Gasteiger partial charge in [0.2, 0.25) is 5.88 Å². The van der Waals surface area contributed by atoms with E-state index in [0.29, 0.717) is 25.1 Å². The number of nitrogens with zero attached hydrogens (tertiary/aromatic N) is 1. The molecule has 2 heterocycles. The van der Waals surface area contributed by atoms with Gasteiger partial charge in [0.15, 0.2) is 0 Å². The minimum Gasteiger partial charge on any atom is -0.472 e. The normalized spacial score (nSPS) is 10.9. The van der Waals surface area contributed by atoms with Crippen LogP contribution >= 0.6 is 11.3 Å². The van der Waals surface area contributed by atoms with Crippen molar-refractivity contribution in [3.8, 4) is 5.88 Å². The minimum atomic E-state index is -0.343. The summed E-state index contributed by atoms with van der Waals surface area (Å²) in [6.07, 6.45) is 1.18. The summed E-state index contributed by atoms with van der Waals surface area (Å²) < 4.78 is 18.9. The summed E-state index contributed by atoms with van der Waals surface area (Å²) in [5.41, 5.74) is 0.741. The molecule has 19 heavy (non-hydrogen) atoms. The number of hydrogen-bond acceptors (Lipinski definition) is 4. The van der Waals surface area contributed by atoms with Crippen molar-refractivity contribution in [1.82, 2.24) is 10.3 Å². The highest BCUT2D eigenvalue weighted by molar-refractivity contribution is 7.09. The Morgan fingerprint density at radius 2 is 2.32 bits per heavy atom. The van der Waals surface area contributed by atoms with Gasteiger partial charge in [-0.2, -0.15) is 0 Å². The smallest absolute Gasteiger partial charge is 0.218 e. The molecule has 0 bridgehead atoms. The molecule has 3 nitrogen and oxygen atoms in total. The Morgan fingerprint density at radius 3 is 3.00 bits per heavy atom. The molecule has 2 rings (SSSR count). The molecule has 0 spiro atoms. The van der Waals surface area contributed by atoms with Crippen LogP contribution in [0, 0.1) is 5.82 Å². The molecule has 102 valence electrons. The molecule has 0 amide bonds. The van der Waals surface area contributed by atoms with Gasteiger partial charge < -0.3 is 10.1 Å². The summed E-state index contributed by atoms with van der Waals surface area (Å²) in [6.45, 7) is 5.09. The molecule has 1 N–H and O–H groups in total. The Hall–Kier alpha value is -1.46. The van der Waals surface area contributed by atoms with Gasteiger partial charge in [-0.05, 0) is 17.5 Å². The van der Waals surface area contributed by atoms with Gasteiger partial charge in [-0.3, -0.25) is 0 Å². The number of nitrogens with one attached hydrogen (secondary N) is 1. The van der Waals surface area contributed by atoms with E-state index < -0.39 is 0 Å². The van der Waals surface area contributed by atoms with Crippen molar-refractivity contribution in [2.75, 3.05) is 0 Å². The maximum Gasteiger partial charge on any atom is 0.218 e. The predicted octanol–water partition coefficient (Wildman–Crippen LogP) is 3.36. The van der Waals surface area contributed by atoms with Crippen LogP contribution in [0.1, 0.15) is 24.3 Å². The quantitative estimate of drug-likeness (QED) is 0.881. The van der Waals surface area contributed by atoms with Crippen LogP contribution < -0.4 is 10.1 Å². The zero-order valence-electron chi connectivity index (χ0n) is 11.0. The van der Waals surface area contributed by atoms with Gasteiger partial charge in [-0.1, -0.05) is 19.9 Å². The molecule has 0 aromatic carbocycles. The summed E-state index contributed by atoms with van der Waals surface area (Å²) in [6, 6.07) is 5.77. The molecule has 5 heteroatoms.